The number of phenols is 1. The highest BCUT2D eigenvalue weighted by Crippen LogP contribution is 2.21. The van der Waals surface area contributed by atoms with Crippen LogP contribution in [0.15, 0.2) is 18.2 Å². The second-order valence-electron chi connectivity index (χ2n) is 2.45. The van der Waals surface area contributed by atoms with Crippen LogP contribution in [0.25, 0.3) is 0 Å². The molecule has 0 aliphatic carbocycles. The summed E-state index contributed by atoms with van der Waals surface area (Å²) in [5, 5.41) is 26.1. The second-order valence-corrected chi connectivity index (χ2v) is 2.45. The Balaban J connectivity index is 3.08. The minimum Gasteiger partial charge on any atom is -0.508 e. The number of hydrogen-bond acceptors (Lipinski definition) is 3. The molecule has 0 amide bonds. The average molecular weight is 186 g/mol. The number of aromatic hydroxyl groups is 1. The molecule has 0 aliphatic rings. The highest BCUT2D eigenvalue weighted by Gasteiger charge is 2.19. The lowest BCUT2D eigenvalue weighted by Gasteiger charge is -2.06. The molecule has 0 unspecified atom stereocenters. The zero-order chi connectivity index (χ0) is 10.0. The maximum absolute atomic E-state index is 12.9. The van der Waals surface area contributed by atoms with Gasteiger partial charge in [-0.05, 0) is 12.1 Å². The zero-order valence-corrected chi connectivity index (χ0v) is 6.44. The standard InChI is InChI=1S/C8H7FO4/c9-6-3-4(10)1-2-5(6)7(11)8(12)13/h1-3,7,10-11H,(H,12,13)/t7-/m1/s1. The third kappa shape index (κ3) is 1.94. The van der Waals surface area contributed by atoms with Gasteiger partial charge in [0.2, 0.25) is 0 Å². The van der Waals surface area contributed by atoms with Crippen molar-refractivity contribution in [3.05, 3.63) is 29.6 Å². The van der Waals surface area contributed by atoms with Crippen molar-refractivity contribution in [2.45, 2.75) is 6.10 Å². The maximum Gasteiger partial charge on any atom is 0.337 e. The summed E-state index contributed by atoms with van der Waals surface area (Å²) >= 11 is 0. The predicted octanol–water partition coefficient (Wildman–Crippen LogP) is 0.649. The molecule has 0 aliphatic heterocycles. The van der Waals surface area contributed by atoms with Crippen molar-refractivity contribution in [1.29, 1.82) is 0 Å². The Kier molecular flexibility index (Phi) is 2.48. The molecule has 0 spiro atoms. The summed E-state index contributed by atoms with van der Waals surface area (Å²) in [5.41, 5.74) is -0.370. The minimum absolute atomic E-state index is 0.321. The van der Waals surface area contributed by atoms with Crippen molar-refractivity contribution in [2.75, 3.05) is 0 Å². The number of rotatable bonds is 2. The summed E-state index contributed by atoms with van der Waals surface area (Å²) in [6.07, 6.45) is -1.90. The van der Waals surface area contributed by atoms with E-state index < -0.39 is 17.9 Å². The summed E-state index contributed by atoms with van der Waals surface area (Å²) in [4.78, 5) is 10.3. The number of hydrogen-bond donors (Lipinski definition) is 3. The van der Waals surface area contributed by atoms with Crippen LogP contribution in [-0.2, 0) is 4.79 Å². The fourth-order valence-corrected chi connectivity index (χ4v) is 0.871. The molecule has 1 aromatic carbocycles. The number of aliphatic carboxylic acids is 1. The Bertz CT molecular complexity index is 337. The van der Waals surface area contributed by atoms with Crippen molar-refractivity contribution >= 4 is 5.97 Å². The molecule has 3 N–H and O–H groups in total. The third-order valence-corrected chi connectivity index (χ3v) is 1.51. The highest BCUT2D eigenvalue weighted by atomic mass is 19.1. The predicted molar refractivity (Wildman–Crippen MR) is 40.7 cm³/mol. The van der Waals surface area contributed by atoms with Crippen molar-refractivity contribution in [1.82, 2.24) is 0 Å². The van der Waals surface area contributed by atoms with Crippen molar-refractivity contribution in [3.8, 4) is 5.75 Å². The number of carboxylic acids is 1. The number of carbonyl (C=O) groups is 1. The molecule has 0 bridgehead atoms. The molecule has 0 fully saturated rings. The molecule has 1 aromatic rings. The van der Waals surface area contributed by atoms with Crippen LogP contribution in [0.3, 0.4) is 0 Å². The van der Waals surface area contributed by atoms with Gasteiger partial charge < -0.3 is 15.3 Å². The first-order valence-electron chi connectivity index (χ1n) is 3.41. The van der Waals surface area contributed by atoms with Gasteiger partial charge in [0.25, 0.3) is 0 Å². The van der Waals surface area contributed by atoms with E-state index >= 15 is 0 Å². The Morgan fingerprint density at radius 3 is 2.54 bits per heavy atom. The van der Waals surface area contributed by atoms with E-state index in [0.29, 0.717) is 0 Å². The van der Waals surface area contributed by atoms with Crippen LogP contribution in [-0.4, -0.2) is 21.3 Å². The van der Waals surface area contributed by atoms with Crippen LogP contribution in [0.4, 0.5) is 4.39 Å². The number of halogens is 1. The van der Waals surface area contributed by atoms with E-state index in [2.05, 4.69) is 0 Å². The molecule has 1 atom stereocenters. The summed E-state index contributed by atoms with van der Waals surface area (Å²) in [7, 11) is 0. The zero-order valence-electron chi connectivity index (χ0n) is 6.44. The summed E-state index contributed by atoms with van der Waals surface area (Å²) in [6, 6.07) is 2.86. The van der Waals surface area contributed by atoms with E-state index in [4.69, 9.17) is 15.3 Å². The molecule has 4 nitrogen and oxygen atoms in total. The van der Waals surface area contributed by atoms with Crippen LogP contribution in [0.5, 0.6) is 5.75 Å². The smallest absolute Gasteiger partial charge is 0.337 e. The number of benzene rings is 1. The van der Waals surface area contributed by atoms with Gasteiger partial charge in [0, 0.05) is 11.6 Å². The molecule has 70 valence electrons. The molecule has 1 rings (SSSR count). The molecule has 5 heteroatoms. The normalized spacial score (nSPS) is 12.5. The fraction of sp³-hybridized carbons (Fsp3) is 0.125. The van der Waals surface area contributed by atoms with E-state index in [9.17, 15) is 9.18 Å². The van der Waals surface area contributed by atoms with Gasteiger partial charge in [-0.15, -0.1) is 0 Å². The molecule has 0 heterocycles. The van der Waals surface area contributed by atoms with Gasteiger partial charge in [0.1, 0.15) is 11.6 Å². The SMILES string of the molecule is O=C(O)[C@H](O)c1ccc(O)cc1F. The van der Waals surface area contributed by atoms with Crippen LogP contribution in [0.2, 0.25) is 0 Å². The quantitative estimate of drug-likeness (QED) is 0.633. The van der Waals surface area contributed by atoms with Gasteiger partial charge in [0.15, 0.2) is 6.10 Å². The molecule has 0 saturated carbocycles. The van der Waals surface area contributed by atoms with Crippen LogP contribution >= 0.6 is 0 Å². The van der Waals surface area contributed by atoms with Crippen LogP contribution < -0.4 is 0 Å². The van der Waals surface area contributed by atoms with Crippen LogP contribution in [0.1, 0.15) is 11.7 Å². The molecule has 0 radical (unpaired) electrons. The Morgan fingerprint density at radius 2 is 2.08 bits per heavy atom. The first kappa shape index (κ1) is 9.47. The van der Waals surface area contributed by atoms with Crippen molar-refractivity contribution in [2.24, 2.45) is 0 Å². The summed E-state index contributed by atoms with van der Waals surface area (Å²) < 4.78 is 12.9. The van der Waals surface area contributed by atoms with Crippen LogP contribution in [0, 0.1) is 5.82 Å². The molecular weight excluding hydrogens is 179 g/mol. The topological polar surface area (TPSA) is 77.8 Å². The van der Waals surface area contributed by atoms with E-state index in [1.54, 1.807) is 0 Å². The summed E-state index contributed by atoms with van der Waals surface area (Å²) in [5.74, 6) is -2.81. The molecule has 0 aromatic heterocycles. The van der Waals surface area contributed by atoms with Gasteiger partial charge in [-0.1, -0.05) is 0 Å². The lowest BCUT2D eigenvalue weighted by molar-refractivity contribution is -0.147. The van der Waals surface area contributed by atoms with Gasteiger partial charge in [0.05, 0.1) is 0 Å². The van der Waals surface area contributed by atoms with E-state index in [-0.39, 0.29) is 11.3 Å². The van der Waals surface area contributed by atoms with Gasteiger partial charge in [-0.25, -0.2) is 9.18 Å². The van der Waals surface area contributed by atoms with E-state index in [1.807, 2.05) is 0 Å². The maximum atomic E-state index is 12.9. The minimum atomic E-state index is -1.90. The lowest BCUT2D eigenvalue weighted by Crippen LogP contribution is -2.11. The Labute approximate surface area is 72.9 Å². The first-order chi connectivity index (χ1) is 6.02. The van der Waals surface area contributed by atoms with E-state index in [1.165, 1.54) is 0 Å². The number of aliphatic hydroxyl groups excluding tert-OH is 1. The molecular formula is C8H7FO4. The average Bonchev–Trinajstić information content (AvgIpc) is 2.03. The number of aliphatic hydroxyl groups is 1. The number of phenolic OH excluding ortho intramolecular Hbond substituents is 1. The fourth-order valence-electron chi connectivity index (χ4n) is 0.871. The van der Waals surface area contributed by atoms with E-state index in [0.717, 1.165) is 18.2 Å². The number of carboxylic acid groups (broad SMARTS) is 1. The molecule has 13 heavy (non-hydrogen) atoms. The Morgan fingerprint density at radius 1 is 1.46 bits per heavy atom. The largest absolute Gasteiger partial charge is 0.508 e. The van der Waals surface area contributed by atoms with Gasteiger partial charge in [-0.3, -0.25) is 0 Å². The lowest BCUT2D eigenvalue weighted by atomic mass is 10.1. The molecule has 0 saturated heterocycles. The van der Waals surface area contributed by atoms with Crippen molar-refractivity contribution < 1.29 is 24.5 Å². The third-order valence-electron chi connectivity index (χ3n) is 1.51. The van der Waals surface area contributed by atoms with Gasteiger partial charge >= 0.3 is 5.97 Å². The Hall–Kier alpha value is -1.62. The monoisotopic (exact) mass is 186 g/mol. The first-order valence-corrected chi connectivity index (χ1v) is 3.41. The summed E-state index contributed by atoms with van der Waals surface area (Å²) in [6.45, 7) is 0. The highest BCUT2D eigenvalue weighted by molar-refractivity contribution is 5.74. The van der Waals surface area contributed by atoms with Crippen molar-refractivity contribution in [3.63, 3.8) is 0 Å². The van der Waals surface area contributed by atoms with Gasteiger partial charge in [-0.2, -0.15) is 0 Å². The second kappa shape index (κ2) is 3.40.